The highest BCUT2D eigenvalue weighted by molar-refractivity contribution is 4.90. The van der Waals surface area contributed by atoms with E-state index >= 15 is 0 Å². The molecule has 0 radical (unpaired) electrons. The van der Waals surface area contributed by atoms with Crippen LogP contribution in [0, 0.1) is 5.41 Å². The highest BCUT2D eigenvalue weighted by Crippen LogP contribution is 2.16. The van der Waals surface area contributed by atoms with Gasteiger partial charge in [0, 0.05) is 19.4 Å². The topological polar surface area (TPSA) is 29.9 Å². The number of rotatable bonds is 4. The molecule has 0 bridgehead atoms. The van der Waals surface area contributed by atoms with Crippen LogP contribution in [0.25, 0.3) is 0 Å². The number of aryl methyl sites for hydroxylation is 1. The largest absolute Gasteiger partial charge is 0.337 e. The Morgan fingerprint density at radius 2 is 2.14 bits per heavy atom. The Balaban J connectivity index is 2.20. The third kappa shape index (κ3) is 3.92. The lowest BCUT2D eigenvalue weighted by Crippen LogP contribution is -2.21. The minimum absolute atomic E-state index is 0.411. The molecule has 0 atom stereocenters. The molecule has 1 heterocycles. The minimum atomic E-state index is 0.411. The van der Waals surface area contributed by atoms with E-state index in [1.54, 1.807) is 0 Å². The van der Waals surface area contributed by atoms with Crippen LogP contribution in [0.15, 0.2) is 12.4 Å². The maximum absolute atomic E-state index is 4.25. The minimum Gasteiger partial charge on any atom is -0.337 e. The Morgan fingerprint density at radius 1 is 1.43 bits per heavy atom. The number of imidazole rings is 1. The van der Waals surface area contributed by atoms with Crippen LogP contribution < -0.4 is 5.32 Å². The van der Waals surface area contributed by atoms with Crippen LogP contribution in [-0.2, 0) is 13.6 Å². The predicted molar refractivity (Wildman–Crippen MR) is 59.0 cm³/mol. The first-order chi connectivity index (χ1) is 6.49. The van der Waals surface area contributed by atoms with Gasteiger partial charge in [0.15, 0.2) is 0 Å². The summed E-state index contributed by atoms with van der Waals surface area (Å²) >= 11 is 0. The Labute approximate surface area is 86.5 Å². The average Bonchev–Trinajstić information content (AvgIpc) is 2.44. The van der Waals surface area contributed by atoms with Gasteiger partial charge < -0.3 is 9.88 Å². The number of nitrogens with one attached hydrogen (secondary N) is 1. The second kappa shape index (κ2) is 4.60. The van der Waals surface area contributed by atoms with Gasteiger partial charge in [0.2, 0.25) is 0 Å². The van der Waals surface area contributed by atoms with E-state index in [1.807, 2.05) is 24.0 Å². The van der Waals surface area contributed by atoms with Crippen molar-refractivity contribution in [2.24, 2.45) is 12.5 Å². The molecular weight excluding hydrogens is 174 g/mol. The van der Waals surface area contributed by atoms with Crippen LogP contribution in [0.2, 0.25) is 0 Å². The highest BCUT2D eigenvalue weighted by atomic mass is 15.1. The van der Waals surface area contributed by atoms with E-state index < -0.39 is 0 Å². The zero-order valence-electron chi connectivity index (χ0n) is 9.67. The Hall–Kier alpha value is -0.830. The summed E-state index contributed by atoms with van der Waals surface area (Å²) < 4.78 is 2.05. The molecule has 0 spiro atoms. The number of aromatic nitrogens is 2. The van der Waals surface area contributed by atoms with Crippen LogP contribution in [0.5, 0.6) is 0 Å². The van der Waals surface area contributed by atoms with Gasteiger partial charge >= 0.3 is 0 Å². The fourth-order valence-corrected chi connectivity index (χ4v) is 1.23. The molecule has 80 valence electrons. The van der Waals surface area contributed by atoms with Crippen molar-refractivity contribution >= 4 is 0 Å². The van der Waals surface area contributed by atoms with Crippen molar-refractivity contribution in [3.8, 4) is 0 Å². The third-order valence-electron chi connectivity index (χ3n) is 2.26. The highest BCUT2D eigenvalue weighted by Gasteiger charge is 2.08. The van der Waals surface area contributed by atoms with E-state index in [2.05, 4.69) is 31.1 Å². The normalized spacial score (nSPS) is 12.0. The molecule has 0 aromatic carbocycles. The molecule has 0 aliphatic carbocycles. The quantitative estimate of drug-likeness (QED) is 0.744. The monoisotopic (exact) mass is 195 g/mol. The summed E-state index contributed by atoms with van der Waals surface area (Å²) in [5.41, 5.74) is 0.411. The van der Waals surface area contributed by atoms with E-state index in [-0.39, 0.29) is 0 Å². The Kier molecular flexibility index (Phi) is 3.69. The van der Waals surface area contributed by atoms with E-state index in [0.29, 0.717) is 5.41 Å². The second-order valence-electron chi connectivity index (χ2n) is 4.94. The first-order valence-electron chi connectivity index (χ1n) is 5.16. The summed E-state index contributed by atoms with van der Waals surface area (Å²) in [6, 6.07) is 0. The number of hydrogen-bond acceptors (Lipinski definition) is 2. The smallest absolute Gasteiger partial charge is 0.122 e. The van der Waals surface area contributed by atoms with E-state index in [9.17, 15) is 0 Å². The van der Waals surface area contributed by atoms with E-state index in [4.69, 9.17) is 0 Å². The van der Waals surface area contributed by atoms with Gasteiger partial charge in [-0.1, -0.05) is 20.8 Å². The average molecular weight is 195 g/mol. The molecule has 0 saturated heterocycles. The summed E-state index contributed by atoms with van der Waals surface area (Å²) in [4.78, 5) is 4.25. The predicted octanol–water partition coefficient (Wildman–Crippen LogP) is 1.95. The van der Waals surface area contributed by atoms with Crippen LogP contribution in [0.1, 0.15) is 33.0 Å². The van der Waals surface area contributed by atoms with Gasteiger partial charge in [-0.15, -0.1) is 0 Å². The van der Waals surface area contributed by atoms with Gasteiger partial charge in [0.05, 0.1) is 6.54 Å². The maximum atomic E-state index is 4.25. The zero-order chi connectivity index (χ0) is 10.6. The molecule has 0 aliphatic rings. The summed E-state index contributed by atoms with van der Waals surface area (Å²) in [6.45, 7) is 8.69. The molecule has 0 amide bonds. The SMILES string of the molecule is Cn1ccnc1CNCCC(C)(C)C. The molecule has 1 aromatic rings. The van der Waals surface area contributed by atoms with Crippen LogP contribution in [0.3, 0.4) is 0 Å². The van der Waals surface area contributed by atoms with E-state index in [0.717, 1.165) is 18.9 Å². The molecule has 14 heavy (non-hydrogen) atoms. The first-order valence-corrected chi connectivity index (χ1v) is 5.16. The molecular formula is C11H21N3. The molecule has 0 fully saturated rings. The van der Waals surface area contributed by atoms with Gasteiger partial charge in [-0.05, 0) is 18.4 Å². The lowest BCUT2D eigenvalue weighted by molar-refractivity contribution is 0.365. The van der Waals surface area contributed by atoms with Crippen molar-refractivity contribution < 1.29 is 0 Å². The Morgan fingerprint density at radius 3 is 2.64 bits per heavy atom. The van der Waals surface area contributed by atoms with Crippen LogP contribution in [0.4, 0.5) is 0 Å². The first kappa shape index (κ1) is 11.2. The molecule has 0 unspecified atom stereocenters. The van der Waals surface area contributed by atoms with Gasteiger partial charge in [-0.2, -0.15) is 0 Å². The molecule has 1 rings (SSSR count). The zero-order valence-corrected chi connectivity index (χ0v) is 9.67. The van der Waals surface area contributed by atoms with Crippen molar-refractivity contribution in [1.82, 2.24) is 14.9 Å². The summed E-state index contributed by atoms with van der Waals surface area (Å²) in [7, 11) is 2.02. The Bertz CT molecular complexity index is 270. The molecule has 3 nitrogen and oxygen atoms in total. The summed E-state index contributed by atoms with van der Waals surface area (Å²) in [6.07, 6.45) is 5.00. The van der Waals surface area contributed by atoms with Gasteiger partial charge in [-0.25, -0.2) is 4.98 Å². The van der Waals surface area contributed by atoms with Crippen molar-refractivity contribution in [3.63, 3.8) is 0 Å². The molecule has 0 aliphatic heterocycles. The maximum Gasteiger partial charge on any atom is 0.122 e. The number of hydrogen-bond donors (Lipinski definition) is 1. The van der Waals surface area contributed by atoms with E-state index in [1.165, 1.54) is 6.42 Å². The van der Waals surface area contributed by atoms with Crippen molar-refractivity contribution in [3.05, 3.63) is 18.2 Å². The van der Waals surface area contributed by atoms with Gasteiger partial charge in [-0.3, -0.25) is 0 Å². The second-order valence-corrected chi connectivity index (χ2v) is 4.94. The van der Waals surface area contributed by atoms with Crippen molar-refractivity contribution in [2.75, 3.05) is 6.54 Å². The van der Waals surface area contributed by atoms with Crippen LogP contribution in [-0.4, -0.2) is 16.1 Å². The molecule has 0 saturated carbocycles. The molecule has 3 heteroatoms. The van der Waals surface area contributed by atoms with Gasteiger partial charge in [0.25, 0.3) is 0 Å². The van der Waals surface area contributed by atoms with Crippen LogP contribution >= 0.6 is 0 Å². The van der Waals surface area contributed by atoms with Crippen molar-refractivity contribution in [2.45, 2.75) is 33.7 Å². The summed E-state index contributed by atoms with van der Waals surface area (Å²) in [5, 5.41) is 3.40. The lowest BCUT2D eigenvalue weighted by atomic mass is 9.92. The standard InChI is InChI=1S/C11H21N3/c1-11(2,3)5-6-12-9-10-13-7-8-14(10)4/h7-8,12H,5-6,9H2,1-4H3. The summed E-state index contributed by atoms with van der Waals surface area (Å²) in [5.74, 6) is 1.10. The fraction of sp³-hybridized carbons (Fsp3) is 0.727. The molecule has 1 aromatic heterocycles. The molecule has 1 N–H and O–H groups in total. The van der Waals surface area contributed by atoms with Gasteiger partial charge in [0.1, 0.15) is 5.82 Å². The number of nitrogens with zero attached hydrogens (tertiary/aromatic N) is 2. The lowest BCUT2D eigenvalue weighted by Gasteiger charge is -2.17. The van der Waals surface area contributed by atoms with Crippen molar-refractivity contribution in [1.29, 1.82) is 0 Å². The third-order valence-corrected chi connectivity index (χ3v) is 2.26. The fourth-order valence-electron chi connectivity index (χ4n) is 1.23.